The number of methoxy groups -OCH3 is 1. The van der Waals surface area contributed by atoms with Gasteiger partial charge in [0.25, 0.3) is 0 Å². The average molecular weight is 301 g/mol. The minimum Gasteiger partial charge on any atom is -0.480 e. The normalized spacial score (nSPS) is 12.7. The number of hydrogen-bond donors (Lipinski definition) is 2. The van der Waals surface area contributed by atoms with E-state index in [1.54, 1.807) is 19.1 Å². The molecule has 0 aliphatic rings. The van der Waals surface area contributed by atoms with Crippen LogP contribution in [0.1, 0.15) is 12.0 Å². The van der Waals surface area contributed by atoms with E-state index < -0.39 is 34.4 Å². The van der Waals surface area contributed by atoms with E-state index in [1.165, 1.54) is 12.1 Å². The van der Waals surface area contributed by atoms with Crippen molar-refractivity contribution in [1.82, 2.24) is 4.72 Å². The van der Waals surface area contributed by atoms with Crippen molar-refractivity contribution in [3.8, 4) is 0 Å². The fraction of sp³-hybridized carbons (Fsp3) is 0.333. The topological polar surface area (TPSA) is 110 Å². The summed E-state index contributed by atoms with van der Waals surface area (Å²) in [7, 11) is -2.92. The lowest BCUT2D eigenvalue weighted by molar-refractivity contribution is -0.147. The molecule has 0 bridgehead atoms. The quantitative estimate of drug-likeness (QED) is 0.731. The highest BCUT2D eigenvalue weighted by molar-refractivity contribution is 7.89. The standard InChI is InChI=1S/C12H15NO6S/c1-8-3-5-9(6-4-8)20(17,18)13-10(12(15)16)7-11(14)19-2/h3-6,10,13H,7H2,1-2H3,(H,15,16)/t10-/m0/s1. The Morgan fingerprint density at radius 1 is 1.30 bits per heavy atom. The van der Waals surface area contributed by atoms with Crippen molar-refractivity contribution >= 4 is 22.0 Å². The molecule has 0 heterocycles. The molecule has 0 aliphatic heterocycles. The predicted molar refractivity (Wildman–Crippen MR) is 69.6 cm³/mol. The van der Waals surface area contributed by atoms with E-state index >= 15 is 0 Å². The molecule has 8 heteroatoms. The Morgan fingerprint density at radius 2 is 1.85 bits per heavy atom. The summed E-state index contributed by atoms with van der Waals surface area (Å²) in [5.41, 5.74) is 0.869. The van der Waals surface area contributed by atoms with Crippen LogP contribution >= 0.6 is 0 Å². The second kappa shape index (κ2) is 6.49. The van der Waals surface area contributed by atoms with Crippen LogP contribution in [0.25, 0.3) is 0 Å². The molecular weight excluding hydrogens is 286 g/mol. The highest BCUT2D eigenvalue weighted by Crippen LogP contribution is 2.11. The highest BCUT2D eigenvalue weighted by atomic mass is 32.2. The van der Waals surface area contributed by atoms with Gasteiger partial charge < -0.3 is 9.84 Å². The molecule has 0 saturated heterocycles. The fourth-order valence-electron chi connectivity index (χ4n) is 1.40. The minimum absolute atomic E-state index is 0.0702. The second-order valence-electron chi connectivity index (χ2n) is 4.11. The predicted octanol–water partition coefficient (Wildman–Crippen LogP) is 0.290. The van der Waals surface area contributed by atoms with Gasteiger partial charge in [-0.1, -0.05) is 17.7 Å². The first-order valence-electron chi connectivity index (χ1n) is 5.65. The number of aryl methyl sites for hydroxylation is 1. The van der Waals surface area contributed by atoms with Gasteiger partial charge in [0, 0.05) is 0 Å². The van der Waals surface area contributed by atoms with Crippen molar-refractivity contribution in [2.24, 2.45) is 0 Å². The Labute approximate surface area is 116 Å². The Kier molecular flexibility index (Phi) is 5.23. The Balaban J connectivity index is 2.94. The number of nitrogens with one attached hydrogen (secondary N) is 1. The van der Waals surface area contributed by atoms with Crippen molar-refractivity contribution in [2.75, 3.05) is 7.11 Å². The fourth-order valence-corrected chi connectivity index (χ4v) is 2.59. The molecule has 20 heavy (non-hydrogen) atoms. The van der Waals surface area contributed by atoms with Crippen molar-refractivity contribution in [3.63, 3.8) is 0 Å². The van der Waals surface area contributed by atoms with E-state index in [0.29, 0.717) is 0 Å². The van der Waals surface area contributed by atoms with Crippen molar-refractivity contribution in [1.29, 1.82) is 0 Å². The first kappa shape index (κ1) is 16.1. The van der Waals surface area contributed by atoms with Crippen molar-refractivity contribution in [2.45, 2.75) is 24.3 Å². The SMILES string of the molecule is COC(=O)C[C@H](NS(=O)(=O)c1ccc(C)cc1)C(=O)O. The molecule has 0 amide bonds. The summed E-state index contributed by atoms with van der Waals surface area (Å²) in [6, 6.07) is 4.31. The summed E-state index contributed by atoms with van der Waals surface area (Å²) in [4.78, 5) is 22.0. The third kappa shape index (κ3) is 4.32. The third-order valence-corrected chi connectivity index (χ3v) is 4.01. The van der Waals surface area contributed by atoms with Gasteiger partial charge in [-0.15, -0.1) is 0 Å². The summed E-state index contributed by atoms with van der Waals surface area (Å²) in [6.07, 6.45) is -0.586. The summed E-state index contributed by atoms with van der Waals surface area (Å²) < 4.78 is 30.3. The van der Waals surface area contributed by atoms with Crippen LogP contribution in [-0.2, 0) is 24.3 Å². The maximum Gasteiger partial charge on any atom is 0.322 e. The molecule has 1 aromatic carbocycles. The summed E-state index contributed by atoms with van der Waals surface area (Å²) >= 11 is 0. The van der Waals surface area contributed by atoms with Gasteiger partial charge in [-0.05, 0) is 19.1 Å². The van der Waals surface area contributed by atoms with Crippen molar-refractivity contribution in [3.05, 3.63) is 29.8 Å². The maximum atomic E-state index is 12.0. The molecule has 0 aliphatic carbocycles. The molecule has 0 spiro atoms. The number of benzene rings is 1. The first-order valence-corrected chi connectivity index (χ1v) is 7.13. The smallest absolute Gasteiger partial charge is 0.322 e. The molecule has 0 saturated carbocycles. The van der Waals surface area contributed by atoms with E-state index in [1.807, 2.05) is 4.72 Å². The molecule has 0 radical (unpaired) electrons. The van der Waals surface area contributed by atoms with Gasteiger partial charge in [0.15, 0.2) is 0 Å². The van der Waals surface area contributed by atoms with E-state index in [0.717, 1.165) is 12.7 Å². The largest absolute Gasteiger partial charge is 0.480 e. The van der Waals surface area contributed by atoms with Gasteiger partial charge in [-0.2, -0.15) is 4.72 Å². The minimum atomic E-state index is -4.01. The molecular formula is C12H15NO6S. The number of rotatable bonds is 6. The Morgan fingerprint density at radius 3 is 2.30 bits per heavy atom. The van der Waals surface area contributed by atoms with Crippen LogP contribution in [0.15, 0.2) is 29.2 Å². The number of ether oxygens (including phenoxy) is 1. The zero-order valence-corrected chi connectivity index (χ0v) is 11.8. The van der Waals surface area contributed by atoms with Crippen LogP contribution in [-0.4, -0.2) is 38.6 Å². The summed E-state index contributed by atoms with van der Waals surface area (Å²) in [5, 5.41) is 8.94. The zero-order valence-electron chi connectivity index (χ0n) is 11.0. The number of carboxylic acid groups (broad SMARTS) is 1. The Bertz CT molecular complexity index is 593. The van der Waals surface area contributed by atoms with Crippen LogP contribution in [0.3, 0.4) is 0 Å². The van der Waals surface area contributed by atoms with Crippen LogP contribution in [0, 0.1) is 6.92 Å². The molecule has 0 unspecified atom stereocenters. The lowest BCUT2D eigenvalue weighted by atomic mass is 10.2. The van der Waals surface area contributed by atoms with Crippen LogP contribution in [0.5, 0.6) is 0 Å². The van der Waals surface area contributed by atoms with Gasteiger partial charge >= 0.3 is 11.9 Å². The highest BCUT2D eigenvalue weighted by Gasteiger charge is 2.27. The summed E-state index contributed by atoms with van der Waals surface area (Å²) in [6.45, 7) is 1.79. The number of carbonyl (C=O) groups excluding carboxylic acids is 1. The van der Waals surface area contributed by atoms with Gasteiger partial charge in [0.1, 0.15) is 6.04 Å². The molecule has 0 aromatic heterocycles. The van der Waals surface area contributed by atoms with E-state index in [-0.39, 0.29) is 4.90 Å². The van der Waals surface area contributed by atoms with E-state index in [2.05, 4.69) is 4.74 Å². The van der Waals surface area contributed by atoms with Crippen molar-refractivity contribution < 1.29 is 27.9 Å². The molecule has 0 fully saturated rings. The molecule has 2 N–H and O–H groups in total. The van der Waals surface area contributed by atoms with Crippen LogP contribution in [0.2, 0.25) is 0 Å². The number of aliphatic carboxylic acids is 1. The van der Waals surface area contributed by atoms with E-state index in [9.17, 15) is 18.0 Å². The number of carboxylic acids is 1. The third-order valence-electron chi connectivity index (χ3n) is 2.53. The van der Waals surface area contributed by atoms with Gasteiger partial charge in [-0.3, -0.25) is 9.59 Å². The second-order valence-corrected chi connectivity index (χ2v) is 5.82. The van der Waals surface area contributed by atoms with Crippen LogP contribution < -0.4 is 4.72 Å². The van der Waals surface area contributed by atoms with E-state index in [4.69, 9.17) is 5.11 Å². The number of hydrogen-bond acceptors (Lipinski definition) is 5. The number of esters is 1. The summed E-state index contributed by atoms with van der Waals surface area (Å²) in [5.74, 6) is -2.27. The lowest BCUT2D eigenvalue weighted by Gasteiger charge is -2.13. The van der Waals surface area contributed by atoms with Gasteiger partial charge in [-0.25, -0.2) is 8.42 Å². The zero-order chi connectivity index (χ0) is 15.3. The molecule has 7 nitrogen and oxygen atoms in total. The van der Waals surface area contributed by atoms with Gasteiger partial charge in [0.2, 0.25) is 10.0 Å². The molecule has 1 aromatic rings. The number of sulfonamides is 1. The maximum absolute atomic E-state index is 12.0. The Hall–Kier alpha value is -1.93. The lowest BCUT2D eigenvalue weighted by Crippen LogP contribution is -2.42. The monoisotopic (exact) mass is 301 g/mol. The molecule has 1 rings (SSSR count). The molecule has 1 atom stereocenters. The molecule has 110 valence electrons. The van der Waals surface area contributed by atoms with Crippen LogP contribution in [0.4, 0.5) is 0 Å². The number of carbonyl (C=O) groups is 2. The average Bonchev–Trinajstić information content (AvgIpc) is 2.37. The first-order chi connectivity index (χ1) is 9.26. The van der Waals surface area contributed by atoms with Gasteiger partial charge in [0.05, 0.1) is 18.4 Å².